The topological polar surface area (TPSA) is 57.3 Å². The number of nitrogens with zero attached hydrogens (tertiary/aromatic N) is 2. The van der Waals surface area contributed by atoms with Crippen molar-refractivity contribution in [1.82, 2.24) is 15.2 Å². The number of hydrogen-bond acceptors (Lipinski definition) is 4. The minimum Gasteiger partial charge on any atom is -0.355 e. The van der Waals surface area contributed by atoms with E-state index in [-0.39, 0.29) is 5.91 Å². The minimum atomic E-state index is -0.204. The molecule has 2 N–H and O–H groups in total. The second-order valence-corrected chi connectivity index (χ2v) is 6.06. The third kappa shape index (κ3) is 5.39. The number of halogens is 2. The van der Waals surface area contributed by atoms with Crippen molar-refractivity contribution >= 4 is 40.5 Å². The zero-order chi connectivity index (χ0) is 16.8. The van der Waals surface area contributed by atoms with Crippen LogP contribution in [0.25, 0.3) is 0 Å². The molecule has 1 aromatic heterocycles. The van der Waals surface area contributed by atoms with Crippen molar-refractivity contribution in [3.05, 3.63) is 52.3 Å². The zero-order valence-electron chi connectivity index (χ0n) is 12.9. The second-order valence-electron chi connectivity index (χ2n) is 5.24. The van der Waals surface area contributed by atoms with Gasteiger partial charge in [0.25, 0.3) is 5.91 Å². The highest BCUT2D eigenvalue weighted by atomic mass is 35.5. The van der Waals surface area contributed by atoms with E-state index in [9.17, 15) is 4.79 Å². The van der Waals surface area contributed by atoms with Gasteiger partial charge in [-0.1, -0.05) is 23.2 Å². The largest absolute Gasteiger partial charge is 0.355 e. The molecule has 0 saturated carbocycles. The van der Waals surface area contributed by atoms with Crippen LogP contribution >= 0.6 is 23.2 Å². The summed E-state index contributed by atoms with van der Waals surface area (Å²) in [7, 11) is 3.90. The molecule has 0 bridgehead atoms. The van der Waals surface area contributed by atoms with Gasteiger partial charge in [-0.2, -0.15) is 0 Å². The fraction of sp³-hybridized carbons (Fsp3) is 0.250. The highest BCUT2D eigenvalue weighted by molar-refractivity contribution is 6.42. The summed E-state index contributed by atoms with van der Waals surface area (Å²) in [5, 5.41) is 6.96. The van der Waals surface area contributed by atoms with Gasteiger partial charge in [0.2, 0.25) is 0 Å². The summed E-state index contributed by atoms with van der Waals surface area (Å²) in [6.45, 7) is 1.34. The lowest BCUT2D eigenvalue weighted by Crippen LogP contribution is -2.31. The van der Waals surface area contributed by atoms with E-state index < -0.39 is 0 Å². The smallest absolute Gasteiger partial charge is 0.269 e. The number of pyridine rings is 1. The van der Waals surface area contributed by atoms with Crippen molar-refractivity contribution in [2.24, 2.45) is 0 Å². The van der Waals surface area contributed by atoms with Crippen LogP contribution in [-0.4, -0.2) is 43.0 Å². The first-order chi connectivity index (χ1) is 11.0. The number of benzene rings is 1. The van der Waals surface area contributed by atoms with Crippen LogP contribution < -0.4 is 10.6 Å². The Morgan fingerprint density at radius 2 is 1.87 bits per heavy atom. The SMILES string of the molecule is CN(C)CCNC(=O)c1cc(Nc2ccc(Cl)c(Cl)c2)ccn1. The van der Waals surface area contributed by atoms with Crippen molar-refractivity contribution < 1.29 is 4.79 Å². The van der Waals surface area contributed by atoms with Gasteiger partial charge in [0.05, 0.1) is 10.0 Å². The van der Waals surface area contributed by atoms with Crippen LogP contribution in [0.15, 0.2) is 36.5 Å². The van der Waals surface area contributed by atoms with Crippen molar-refractivity contribution in [3.63, 3.8) is 0 Å². The molecule has 2 aromatic rings. The quantitative estimate of drug-likeness (QED) is 0.836. The molecule has 0 aliphatic rings. The highest BCUT2D eigenvalue weighted by Gasteiger charge is 2.08. The molecule has 0 aliphatic heterocycles. The molecule has 1 aromatic carbocycles. The Morgan fingerprint density at radius 3 is 2.57 bits per heavy atom. The summed E-state index contributed by atoms with van der Waals surface area (Å²) in [6.07, 6.45) is 1.58. The van der Waals surface area contributed by atoms with Gasteiger partial charge in [-0.05, 0) is 44.4 Å². The number of nitrogens with one attached hydrogen (secondary N) is 2. The maximum atomic E-state index is 12.1. The molecule has 5 nitrogen and oxygen atoms in total. The van der Waals surface area contributed by atoms with Crippen LogP contribution in [0.5, 0.6) is 0 Å². The average molecular weight is 353 g/mol. The maximum Gasteiger partial charge on any atom is 0.269 e. The Bertz CT molecular complexity index is 692. The standard InChI is InChI=1S/C16H18Cl2N4O/c1-22(2)8-7-20-16(23)15-10-12(5-6-19-15)21-11-3-4-13(17)14(18)9-11/h3-6,9-10H,7-8H2,1-2H3,(H,19,21)(H,20,23). The van der Waals surface area contributed by atoms with Crippen LogP contribution in [0.3, 0.4) is 0 Å². The number of anilines is 2. The Morgan fingerprint density at radius 1 is 1.13 bits per heavy atom. The van der Waals surface area contributed by atoms with E-state index in [0.717, 1.165) is 17.9 Å². The lowest BCUT2D eigenvalue weighted by Gasteiger charge is -2.11. The number of aromatic nitrogens is 1. The number of amides is 1. The fourth-order valence-corrected chi connectivity index (χ4v) is 2.15. The van der Waals surface area contributed by atoms with Crippen LogP contribution in [-0.2, 0) is 0 Å². The highest BCUT2D eigenvalue weighted by Crippen LogP contribution is 2.26. The van der Waals surface area contributed by atoms with Crippen molar-refractivity contribution in [2.75, 3.05) is 32.5 Å². The van der Waals surface area contributed by atoms with E-state index in [4.69, 9.17) is 23.2 Å². The molecule has 122 valence electrons. The van der Waals surface area contributed by atoms with E-state index in [0.29, 0.717) is 22.3 Å². The average Bonchev–Trinajstić information content (AvgIpc) is 2.51. The lowest BCUT2D eigenvalue weighted by atomic mass is 10.2. The molecule has 0 unspecified atom stereocenters. The molecule has 0 fully saturated rings. The minimum absolute atomic E-state index is 0.204. The summed E-state index contributed by atoms with van der Waals surface area (Å²) in [5.74, 6) is -0.204. The van der Waals surface area contributed by atoms with Crippen LogP contribution in [0, 0.1) is 0 Å². The number of hydrogen-bond donors (Lipinski definition) is 2. The first-order valence-corrected chi connectivity index (χ1v) is 7.82. The second kappa shape index (κ2) is 8.15. The lowest BCUT2D eigenvalue weighted by molar-refractivity contribution is 0.0946. The predicted molar refractivity (Wildman–Crippen MR) is 94.9 cm³/mol. The van der Waals surface area contributed by atoms with Crippen molar-refractivity contribution in [3.8, 4) is 0 Å². The molecule has 1 heterocycles. The molecule has 0 radical (unpaired) electrons. The molecule has 0 aliphatic carbocycles. The number of carbonyl (C=O) groups is 1. The molecule has 7 heteroatoms. The fourth-order valence-electron chi connectivity index (χ4n) is 1.86. The Hall–Kier alpha value is -1.82. The number of carbonyl (C=O) groups excluding carboxylic acids is 1. The molecule has 23 heavy (non-hydrogen) atoms. The summed E-state index contributed by atoms with van der Waals surface area (Å²) < 4.78 is 0. The van der Waals surface area contributed by atoms with Crippen molar-refractivity contribution in [2.45, 2.75) is 0 Å². The zero-order valence-corrected chi connectivity index (χ0v) is 14.4. The van der Waals surface area contributed by atoms with Gasteiger partial charge in [0, 0.05) is 30.7 Å². The van der Waals surface area contributed by atoms with Gasteiger partial charge in [0.1, 0.15) is 5.69 Å². The summed E-state index contributed by atoms with van der Waals surface area (Å²) in [4.78, 5) is 18.2. The van der Waals surface area contributed by atoms with E-state index in [1.807, 2.05) is 25.1 Å². The van der Waals surface area contributed by atoms with Gasteiger partial charge < -0.3 is 15.5 Å². The maximum absolute atomic E-state index is 12.1. The molecule has 2 rings (SSSR count). The number of rotatable bonds is 6. The number of likely N-dealkylation sites (N-methyl/N-ethyl adjacent to an activating group) is 1. The summed E-state index contributed by atoms with van der Waals surface area (Å²) >= 11 is 11.9. The molecular weight excluding hydrogens is 335 g/mol. The summed E-state index contributed by atoms with van der Waals surface area (Å²) in [5.41, 5.74) is 1.88. The Balaban J connectivity index is 2.04. The van der Waals surface area contributed by atoms with Gasteiger partial charge in [-0.25, -0.2) is 0 Å². The van der Waals surface area contributed by atoms with Crippen LogP contribution in [0.4, 0.5) is 11.4 Å². The first-order valence-electron chi connectivity index (χ1n) is 7.07. The van der Waals surface area contributed by atoms with E-state index in [2.05, 4.69) is 15.6 Å². The first kappa shape index (κ1) is 17.5. The van der Waals surface area contributed by atoms with E-state index in [1.165, 1.54) is 0 Å². The molecular formula is C16H18Cl2N4O. The monoisotopic (exact) mass is 352 g/mol. The van der Waals surface area contributed by atoms with Gasteiger partial charge >= 0.3 is 0 Å². The predicted octanol–water partition coefficient (Wildman–Crippen LogP) is 3.42. The van der Waals surface area contributed by atoms with Crippen LogP contribution in [0.2, 0.25) is 10.0 Å². The van der Waals surface area contributed by atoms with Crippen LogP contribution in [0.1, 0.15) is 10.5 Å². The van der Waals surface area contributed by atoms with E-state index >= 15 is 0 Å². The normalized spacial score (nSPS) is 10.7. The Kier molecular flexibility index (Phi) is 6.21. The van der Waals surface area contributed by atoms with E-state index in [1.54, 1.807) is 30.5 Å². The van der Waals surface area contributed by atoms with Crippen molar-refractivity contribution in [1.29, 1.82) is 0 Å². The summed E-state index contributed by atoms with van der Waals surface area (Å²) in [6, 6.07) is 8.71. The van der Waals surface area contributed by atoms with Gasteiger partial charge in [-0.15, -0.1) is 0 Å². The molecule has 0 atom stereocenters. The van der Waals surface area contributed by atoms with Gasteiger partial charge in [0.15, 0.2) is 0 Å². The Labute approximate surface area is 145 Å². The van der Waals surface area contributed by atoms with Gasteiger partial charge in [-0.3, -0.25) is 9.78 Å². The third-order valence-electron chi connectivity index (χ3n) is 3.05. The molecule has 1 amide bonds. The third-order valence-corrected chi connectivity index (χ3v) is 3.78. The molecule has 0 spiro atoms. The molecule has 0 saturated heterocycles.